The molecule has 3 aromatic carbocycles. The third-order valence-electron chi connectivity index (χ3n) is 4.73. The quantitative estimate of drug-likeness (QED) is 0.465. The third kappa shape index (κ3) is 2.66. The van der Waals surface area contributed by atoms with Crippen LogP contribution >= 0.6 is 0 Å². The number of carbonyl (C=O) groups excluding carboxylic acids is 1. The Morgan fingerprint density at radius 3 is 2.40 bits per heavy atom. The first-order chi connectivity index (χ1) is 12.2. The summed E-state index contributed by atoms with van der Waals surface area (Å²) in [5.74, 6) is 0. The van der Waals surface area contributed by atoms with E-state index in [0.717, 1.165) is 50.7 Å². The van der Waals surface area contributed by atoms with Gasteiger partial charge < -0.3 is 4.98 Å². The lowest BCUT2D eigenvalue weighted by atomic mass is 9.98. The number of benzene rings is 3. The Morgan fingerprint density at radius 1 is 0.840 bits per heavy atom. The molecule has 0 spiro atoms. The van der Waals surface area contributed by atoms with Crippen molar-refractivity contribution in [1.82, 2.24) is 4.98 Å². The molecule has 0 unspecified atom stereocenters. The van der Waals surface area contributed by atoms with Gasteiger partial charge in [-0.25, -0.2) is 0 Å². The Morgan fingerprint density at radius 2 is 1.64 bits per heavy atom. The highest BCUT2D eigenvalue weighted by atomic mass is 16.1. The van der Waals surface area contributed by atoms with E-state index in [2.05, 4.69) is 67.4 Å². The zero-order chi connectivity index (χ0) is 17.4. The van der Waals surface area contributed by atoms with E-state index in [9.17, 15) is 4.79 Å². The summed E-state index contributed by atoms with van der Waals surface area (Å²) in [5.41, 5.74) is 8.29. The molecular weight excluding hydrogens is 306 g/mol. The van der Waals surface area contributed by atoms with Crippen molar-refractivity contribution >= 4 is 17.2 Å². The molecule has 0 saturated heterocycles. The van der Waals surface area contributed by atoms with E-state index in [4.69, 9.17) is 0 Å². The van der Waals surface area contributed by atoms with Crippen molar-refractivity contribution in [1.29, 1.82) is 0 Å². The maximum Gasteiger partial charge on any atom is 0.152 e. The molecular formula is C23H19NO. The van der Waals surface area contributed by atoms with Crippen LogP contribution in [0.4, 0.5) is 0 Å². The fourth-order valence-electron chi connectivity index (χ4n) is 3.36. The second-order valence-corrected chi connectivity index (χ2v) is 6.48. The van der Waals surface area contributed by atoms with Crippen LogP contribution in [0.2, 0.25) is 0 Å². The maximum atomic E-state index is 11.9. The van der Waals surface area contributed by atoms with Gasteiger partial charge in [0.1, 0.15) is 0 Å². The van der Waals surface area contributed by atoms with Crippen LogP contribution in [0, 0.1) is 13.8 Å². The molecule has 0 radical (unpaired) electrons. The molecule has 1 aromatic heterocycles. The highest BCUT2D eigenvalue weighted by Crippen LogP contribution is 2.34. The highest BCUT2D eigenvalue weighted by molar-refractivity contribution is 6.05. The lowest BCUT2D eigenvalue weighted by Crippen LogP contribution is -1.89. The molecule has 122 valence electrons. The van der Waals surface area contributed by atoms with Gasteiger partial charge in [0.25, 0.3) is 0 Å². The van der Waals surface area contributed by atoms with Crippen LogP contribution in [-0.2, 0) is 0 Å². The molecule has 2 heteroatoms. The minimum Gasteiger partial charge on any atom is -0.354 e. The van der Waals surface area contributed by atoms with Crippen molar-refractivity contribution in [3.63, 3.8) is 0 Å². The topological polar surface area (TPSA) is 32.9 Å². The summed E-state index contributed by atoms with van der Waals surface area (Å²) in [6.45, 7) is 4.14. The monoisotopic (exact) mass is 325 g/mol. The van der Waals surface area contributed by atoms with E-state index in [0.29, 0.717) is 0 Å². The van der Waals surface area contributed by atoms with E-state index in [-0.39, 0.29) is 0 Å². The van der Waals surface area contributed by atoms with Crippen molar-refractivity contribution in [3.8, 4) is 22.4 Å². The molecule has 1 N–H and O–H groups in total. The lowest BCUT2D eigenvalue weighted by molar-refractivity contribution is 0.112. The van der Waals surface area contributed by atoms with E-state index in [1.165, 1.54) is 5.56 Å². The predicted octanol–water partition coefficient (Wildman–Crippen LogP) is 5.93. The molecule has 0 aliphatic heterocycles. The van der Waals surface area contributed by atoms with E-state index >= 15 is 0 Å². The van der Waals surface area contributed by atoms with Crippen molar-refractivity contribution in [3.05, 3.63) is 83.4 Å². The molecule has 0 aliphatic rings. The summed E-state index contributed by atoms with van der Waals surface area (Å²) < 4.78 is 0. The minimum absolute atomic E-state index is 0.724. The number of carbonyl (C=O) groups is 1. The molecule has 0 saturated carbocycles. The van der Waals surface area contributed by atoms with Gasteiger partial charge >= 0.3 is 0 Å². The number of aryl methyl sites for hydroxylation is 2. The largest absolute Gasteiger partial charge is 0.354 e. The van der Waals surface area contributed by atoms with Crippen LogP contribution in [0.5, 0.6) is 0 Å². The minimum atomic E-state index is 0.724. The first-order valence-electron chi connectivity index (χ1n) is 8.41. The number of fused-ring (bicyclic) bond motifs is 1. The maximum absolute atomic E-state index is 11.9. The van der Waals surface area contributed by atoms with Crippen molar-refractivity contribution < 1.29 is 4.79 Å². The molecule has 0 amide bonds. The van der Waals surface area contributed by atoms with Crippen molar-refractivity contribution in [2.75, 3.05) is 0 Å². The van der Waals surface area contributed by atoms with Gasteiger partial charge in [-0.2, -0.15) is 0 Å². The van der Waals surface area contributed by atoms with E-state index in [1.54, 1.807) is 0 Å². The second kappa shape index (κ2) is 6.06. The van der Waals surface area contributed by atoms with Crippen molar-refractivity contribution in [2.24, 2.45) is 0 Å². The number of hydrogen-bond acceptors (Lipinski definition) is 1. The number of aromatic amines is 1. The summed E-state index contributed by atoms with van der Waals surface area (Å²) in [5, 5.41) is 0.965. The van der Waals surface area contributed by atoms with Gasteiger partial charge in [0.05, 0.1) is 5.69 Å². The first-order valence-corrected chi connectivity index (χ1v) is 8.41. The predicted molar refractivity (Wildman–Crippen MR) is 104 cm³/mol. The molecule has 0 aliphatic carbocycles. The van der Waals surface area contributed by atoms with Crippen LogP contribution in [0.15, 0.2) is 66.7 Å². The molecule has 4 rings (SSSR count). The SMILES string of the molecule is Cc1ccc(C)c(-c2[nH]c3ccc(-c4ccccc4)cc3c2C=O)c1. The summed E-state index contributed by atoms with van der Waals surface area (Å²) >= 11 is 0. The van der Waals surface area contributed by atoms with Crippen molar-refractivity contribution in [2.45, 2.75) is 13.8 Å². The average molecular weight is 325 g/mol. The van der Waals surface area contributed by atoms with Crippen LogP contribution in [0.1, 0.15) is 21.5 Å². The van der Waals surface area contributed by atoms with Gasteiger partial charge in [-0.15, -0.1) is 0 Å². The van der Waals surface area contributed by atoms with Gasteiger partial charge in [-0.3, -0.25) is 4.79 Å². The fraction of sp³-hybridized carbons (Fsp3) is 0.0870. The molecule has 0 atom stereocenters. The van der Waals surface area contributed by atoms with Gasteiger partial charge in [-0.1, -0.05) is 54.1 Å². The molecule has 0 bridgehead atoms. The van der Waals surface area contributed by atoms with Crippen LogP contribution in [-0.4, -0.2) is 11.3 Å². The Balaban J connectivity index is 1.96. The molecule has 0 fully saturated rings. The number of aldehydes is 1. The zero-order valence-corrected chi connectivity index (χ0v) is 14.3. The van der Waals surface area contributed by atoms with Crippen LogP contribution in [0.25, 0.3) is 33.3 Å². The lowest BCUT2D eigenvalue weighted by Gasteiger charge is -2.06. The Hall–Kier alpha value is -3.13. The number of nitrogens with one attached hydrogen (secondary N) is 1. The molecule has 25 heavy (non-hydrogen) atoms. The normalized spacial score (nSPS) is 11.0. The number of H-pyrrole nitrogens is 1. The van der Waals surface area contributed by atoms with Crippen LogP contribution < -0.4 is 0 Å². The summed E-state index contributed by atoms with van der Waals surface area (Å²) in [6, 6.07) is 22.8. The van der Waals surface area contributed by atoms with E-state index in [1.807, 2.05) is 18.2 Å². The molecule has 2 nitrogen and oxygen atoms in total. The van der Waals surface area contributed by atoms with Gasteiger partial charge in [0.15, 0.2) is 6.29 Å². The summed E-state index contributed by atoms with van der Waals surface area (Å²) in [7, 11) is 0. The standard InChI is InChI=1S/C23H19NO/c1-15-8-9-16(2)19(12-15)23-21(14-25)20-13-18(10-11-22(20)24-23)17-6-4-3-5-7-17/h3-14,24H,1-2H3. The zero-order valence-electron chi connectivity index (χ0n) is 14.3. The first kappa shape index (κ1) is 15.4. The number of hydrogen-bond donors (Lipinski definition) is 1. The summed E-state index contributed by atoms with van der Waals surface area (Å²) in [6.07, 6.45) is 0.963. The Kier molecular flexibility index (Phi) is 3.73. The van der Waals surface area contributed by atoms with E-state index < -0.39 is 0 Å². The Labute approximate surface area is 147 Å². The molecule has 1 heterocycles. The van der Waals surface area contributed by atoms with Gasteiger partial charge in [0.2, 0.25) is 0 Å². The van der Waals surface area contributed by atoms with Gasteiger partial charge in [0, 0.05) is 22.0 Å². The smallest absolute Gasteiger partial charge is 0.152 e. The summed E-state index contributed by atoms with van der Waals surface area (Å²) in [4.78, 5) is 15.3. The third-order valence-corrected chi connectivity index (χ3v) is 4.73. The fourth-order valence-corrected chi connectivity index (χ4v) is 3.36. The number of rotatable bonds is 3. The van der Waals surface area contributed by atoms with Crippen LogP contribution in [0.3, 0.4) is 0 Å². The Bertz CT molecular complexity index is 1070. The second-order valence-electron chi connectivity index (χ2n) is 6.48. The molecule has 4 aromatic rings. The average Bonchev–Trinajstić information content (AvgIpc) is 3.02. The highest BCUT2D eigenvalue weighted by Gasteiger charge is 2.15. The number of aromatic nitrogens is 1. The van der Waals surface area contributed by atoms with Gasteiger partial charge in [-0.05, 0) is 48.7 Å².